The Hall–Kier alpha value is -2.46. The molecule has 0 spiro atoms. The number of rotatable bonds is 4. The first-order chi connectivity index (χ1) is 10.3. The van der Waals surface area contributed by atoms with Gasteiger partial charge in [0.1, 0.15) is 0 Å². The maximum absolute atomic E-state index is 4.32. The van der Waals surface area contributed by atoms with E-state index in [9.17, 15) is 0 Å². The van der Waals surface area contributed by atoms with Crippen LogP contribution in [0.4, 0.5) is 5.13 Å². The molecule has 0 bridgehead atoms. The zero-order valence-electron chi connectivity index (χ0n) is 11.7. The molecule has 0 atom stereocenters. The van der Waals surface area contributed by atoms with E-state index in [0.717, 1.165) is 16.4 Å². The summed E-state index contributed by atoms with van der Waals surface area (Å²) >= 11 is 1.55. The number of hydrogen-bond acceptors (Lipinski definition) is 4. The summed E-state index contributed by atoms with van der Waals surface area (Å²) in [5.41, 5.74) is 7.40. The Morgan fingerprint density at radius 1 is 1.05 bits per heavy atom. The van der Waals surface area contributed by atoms with E-state index in [-0.39, 0.29) is 0 Å². The number of aryl methyl sites for hydroxylation is 1. The molecule has 0 saturated carbocycles. The van der Waals surface area contributed by atoms with Gasteiger partial charge in [-0.3, -0.25) is 5.43 Å². The Balaban J connectivity index is 1.82. The molecule has 0 amide bonds. The summed E-state index contributed by atoms with van der Waals surface area (Å²) in [6.07, 6.45) is 1.83. The first-order valence-corrected chi connectivity index (χ1v) is 7.56. The Bertz CT molecular complexity index is 747. The van der Waals surface area contributed by atoms with Crippen LogP contribution in [-0.2, 0) is 0 Å². The molecule has 4 heteroatoms. The third-order valence-corrected chi connectivity index (χ3v) is 3.89. The molecule has 21 heavy (non-hydrogen) atoms. The molecule has 3 nitrogen and oxygen atoms in total. The van der Waals surface area contributed by atoms with Gasteiger partial charge in [0.2, 0.25) is 5.13 Å². The summed E-state index contributed by atoms with van der Waals surface area (Å²) < 4.78 is 0. The van der Waals surface area contributed by atoms with Crippen molar-refractivity contribution in [3.63, 3.8) is 0 Å². The third kappa shape index (κ3) is 3.35. The number of benzene rings is 2. The number of nitrogens with zero attached hydrogens (tertiary/aromatic N) is 2. The highest BCUT2D eigenvalue weighted by Gasteiger charge is 2.02. The van der Waals surface area contributed by atoms with Gasteiger partial charge in [0.15, 0.2) is 0 Å². The van der Waals surface area contributed by atoms with Crippen molar-refractivity contribution in [3.8, 4) is 11.1 Å². The van der Waals surface area contributed by atoms with Gasteiger partial charge in [0.05, 0.1) is 11.9 Å². The Labute approximate surface area is 128 Å². The van der Waals surface area contributed by atoms with Gasteiger partial charge in [-0.25, -0.2) is 4.98 Å². The van der Waals surface area contributed by atoms with Crippen LogP contribution in [-0.4, -0.2) is 11.2 Å². The van der Waals surface area contributed by atoms with Crippen LogP contribution in [0.15, 0.2) is 65.1 Å². The van der Waals surface area contributed by atoms with E-state index in [1.807, 2.05) is 48.9 Å². The predicted octanol–water partition coefficient (Wildman–Crippen LogP) is 4.56. The van der Waals surface area contributed by atoms with Crippen molar-refractivity contribution < 1.29 is 0 Å². The van der Waals surface area contributed by atoms with Gasteiger partial charge < -0.3 is 0 Å². The van der Waals surface area contributed by atoms with Gasteiger partial charge in [-0.1, -0.05) is 54.6 Å². The van der Waals surface area contributed by atoms with Gasteiger partial charge in [0.25, 0.3) is 0 Å². The van der Waals surface area contributed by atoms with Crippen LogP contribution in [0.3, 0.4) is 0 Å². The average molecular weight is 293 g/mol. The van der Waals surface area contributed by atoms with E-state index in [2.05, 4.69) is 39.8 Å². The second-order valence-corrected chi connectivity index (χ2v) is 5.48. The molecule has 1 N–H and O–H groups in total. The third-order valence-electron chi connectivity index (χ3n) is 3.03. The first-order valence-electron chi connectivity index (χ1n) is 6.68. The molecule has 104 valence electrons. The molecule has 0 aliphatic rings. The second-order valence-electron chi connectivity index (χ2n) is 4.62. The number of hydrogen-bond donors (Lipinski definition) is 1. The highest BCUT2D eigenvalue weighted by atomic mass is 32.1. The molecule has 0 fully saturated rings. The smallest absolute Gasteiger partial charge is 0.203 e. The molecule has 3 rings (SSSR count). The van der Waals surface area contributed by atoms with E-state index in [1.54, 1.807) is 11.3 Å². The molecule has 0 radical (unpaired) electrons. The Morgan fingerprint density at radius 2 is 1.81 bits per heavy atom. The molecule has 1 aromatic heterocycles. The lowest BCUT2D eigenvalue weighted by molar-refractivity contribution is 1.22. The minimum absolute atomic E-state index is 0.806. The van der Waals surface area contributed by atoms with E-state index in [0.29, 0.717) is 0 Å². The van der Waals surface area contributed by atoms with E-state index < -0.39 is 0 Å². The van der Waals surface area contributed by atoms with E-state index >= 15 is 0 Å². The normalized spacial score (nSPS) is 10.9. The lowest BCUT2D eigenvalue weighted by Crippen LogP contribution is -1.92. The van der Waals surface area contributed by atoms with Crippen molar-refractivity contribution in [2.75, 3.05) is 5.43 Å². The van der Waals surface area contributed by atoms with E-state index in [1.165, 1.54) is 11.1 Å². The van der Waals surface area contributed by atoms with E-state index in [4.69, 9.17) is 0 Å². The van der Waals surface area contributed by atoms with Crippen LogP contribution in [0.2, 0.25) is 0 Å². The average Bonchev–Trinajstić information content (AvgIpc) is 2.94. The van der Waals surface area contributed by atoms with Gasteiger partial charge in [0, 0.05) is 10.9 Å². The lowest BCUT2D eigenvalue weighted by Gasteiger charge is -2.05. The van der Waals surface area contributed by atoms with Crippen LogP contribution < -0.4 is 5.43 Å². The summed E-state index contributed by atoms with van der Waals surface area (Å²) in [6.45, 7) is 1.97. The summed E-state index contributed by atoms with van der Waals surface area (Å²) in [5.74, 6) is 0. The molecule has 0 saturated heterocycles. The van der Waals surface area contributed by atoms with Crippen molar-refractivity contribution in [2.24, 2.45) is 5.10 Å². The van der Waals surface area contributed by atoms with Crippen LogP contribution in [0.5, 0.6) is 0 Å². The molecule has 0 aliphatic heterocycles. The minimum atomic E-state index is 0.806. The quantitative estimate of drug-likeness (QED) is 0.565. The fourth-order valence-corrected chi connectivity index (χ4v) is 2.69. The minimum Gasteiger partial charge on any atom is -0.253 e. The molecular formula is C17H15N3S. The number of anilines is 1. The van der Waals surface area contributed by atoms with Crippen LogP contribution in [0.1, 0.15) is 11.3 Å². The molecular weight excluding hydrogens is 278 g/mol. The predicted molar refractivity (Wildman–Crippen MR) is 89.9 cm³/mol. The fourth-order valence-electron chi connectivity index (χ4n) is 2.05. The molecule has 0 unspecified atom stereocenters. The van der Waals surface area contributed by atoms with Crippen LogP contribution in [0, 0.1) is 6.92 Å². The molecule has 1 heterocycles. The SMILES string of the molecule is Cc1csc(NN=Cc2ccccc2-c2ccccc2)n1. The summed E-state index contributed by atoms with van der Waals surface area (Å²) in [7, 11) is 0. The second kappa shape index (κ2) is 6.33. The number of thiazole rings is 1. The highest BCUT2D eigenvalue weighted by Crippen LogP contribution is 2.22. The molecule has 2 aromatic carbocycles. The first kappa shape index (κ1) is 13.5. The topological polar surface area (TPSA) is 37.3 Å². The highest BCUT2D eigenvalue weighted by molar-refractivity contribution is 7.13. The van der Waals surface area contributed by atoms with Crippen molar-refractivity contribution in [1.29, 1.82) is 0 Å². The zero-order valence-corrected chi connectivity index (χ0v) is 12.5. The number of nitrogens with one attached hydrogen (secondary N) is 1. The molecule has 0 aliphatic carbocycles. The van der Waals surface area contributed by atoms with Gasteiger partial charge in [-0.2, -0.15) is 5.10 Å². The maximum atomic E-state index is 4.32. The number of aromatic nitrogens is 1. The standard InChI is InChI=1S/C17H15N3S/c1-13-12-21-17(19-13)20-18-11-15-9-5-6-10-16(15)14-7-3-2-4-8-14/h2-12H,1H3,(H,19,20). The van der Waals surface area contributed by atoms with Gasteiger partial charge >= 0.3 is 0 Å². The monoisotopic (exact) mass is 293 g/mol. The van der Waals surface area contributed by atoms with Crippen molar-refractivity contribution in [1.82, 2.24) is 4.98 Å². The lowest BCUT2D eigenvalue weighted by atomic mass is 10.0. The summed E-state index contributed by atoms with van der Waals surface area (Å²) in [5, 5.41) is 7.09. The Morgan fingerprint density at radius 3 is 2.57 bits per heavy atom. The maximum Gasteiger partial charge on any atom is 0.203 e. The van der Waals surface area contributed by atoms with Crippen molar-refractivity contribution in [3.05, 3.63) is 71.2 Å². The summed E-state index contributed by atoms with van der Waals surface area (Å²) in [4.78, 5) is 4.32. The molecule has 3 aromatic rings. The number of hydrazone groups is 1. The van der Waals surface area contributed by atoms with Gasteiger partial charge in [-0.05, 0) is 18.1 Å². The van der Waals surface area contributed by atoms with Crippen LogP contribution >= 0.6 is 11.3 Å². The summed E-state index contributed by atoms with van der Waals surface area (Å²) in [6, 6.07) is 18.5. The largest absolute Gasteiger partial charge is 0.253 e. The van der Waals surface area contributed by atoms with Crippen molar-refractivity contribution >= 4 is 22.7 Å². The zero-order chi connectivity index (χ0) is 14.5. The van der Waals surface area contributed by atoms with Crippen molar-refractivity contribution in [2.45, 2.75) is 6.92 Å². The van der Waals surface area contributed by atoms with Crippen LogP contribution in [0.25, 0.3) is 11.1 Å². The van der Waals surface area contributed by atoms with Gasteiger partial charge in [-0.15, -0.1) is 11.3 Å². The Kier molecular flexibility index (Phi) is 4.07. The fraction of sp³-hybridized carbons (Fsp3) is 0.0588.